The Hall–Kier alpha value is 0.400. The third-order valence-corrected chi connectivity index (χ3v) is 5.20. The Bertz CT molecular complexity index is 258. The molecule has 152 valence electrons. The molecule has 0 fully saturated rings. The molecule has 0 amide bonds. The zero-order valence-electron chi connectivity index (χ0n) is 17.5. The van der Waals surface area contributed by atoms with Gasteiger partial charge in [0.25, 0.3) is 0 Å². The topological polar surface area (TPSA) is 18.5 Å². The zero-order valence-corrected chi connectivity index (χ0v) is 19.1. The zero-order chi connectivity index (χ0) is 18.8. The Morgan fingerprint density at radius 3 is 1.84 bits per heavy atom. The van der Waals surface area contributed by atoms with Crippen LogP contribution in [0.25, 0.3) is 0 Å². The number of rotatable bonds is 19. The Balaban J connectivity index is 3.20. The van der Waals surface area contributed by atoms with Gasteiger partial charge in [-0.15, -0.1) is 0 Å². The molecular formula is C22H45BrO2. The molecule has 0 aliphatic rings. The lowest BCUT2D eigenvalue weighted by Gasteiger charge is -2.18. The molecule has 25 heavy (non-hydrogen) atoms. The van der Waals surface area contributed by atoms with Crippen molar-refractivity contribution in [3.8, 4) is 0 Å². The van der Waals surface area contributed by atoms with Crippen LogP contribution in [0.4, 0.5) is 0 Å². The average molecular weight is 422 g/mol. The molecule has 0 bridgehead atoms. The fourth-order valence-electron chi connectivity index (χ4n) is 3.50. The molecule has 0 spiro atoms. The molecule has 0 aromatic rings. The molecule has 0 heterocycles. The standard InChI is InChI=1S/C22H45BrO2/c1-5-6-7-8-9-10-11-12-15-24-19-25-16-13-14-20(2)17-21(3)18-22(4)23/h20-22H,5-19H2,1-4H3. The second-order valence-electron chi connectivity index (χ2n) is 8.01. The van der Waals surface area contributed by atoms with E-state index < -0.39 is 0 Å². The van der Waals surface area contributed by atoms with E-state index >= 15 is 0 Å². The molecular weight excluding hydrogens is 376 g/mol. The predicted molar refractivity (Wildman–Crippen MR) is 115 cm³/mol. The van der Waals surface area contributed by atoms with Crippen molar-refractivity contribution in [2.45, 2.75) is 110 Å². The van der Waals surface area contributed by atoms with Crippen molar-refractivity contribution in [1.29, 1.82) is 0 Å². The predicted octanol–water partition coefficient (Wildman–Crippen LogP) is 7.73. The number of halogens is 1. The second-order valence-corrected chi connectivity index (χ2v) is 9.58. The van der Waals surface area contributed by atoms with Gasteiger partial charge in [-0.3, -0.25) is 0 Å². The van der Waals surface area contributed by atoms with Gasteiger partial charge >= 0.3 is 0 Å². The van der Waals surface area contributed by atoms with Gasteiger partial charge in [-0.05, 0) is 43.9 Å². The quantitative estimate of drug-likeness (QED) is 0.121. The molecule has 0 saturated heterocycles. The van der Waals surface area contributed by atoms with Crippen molar-refractivity contribution in [1.82, 2.24) is 0 Å². The number of ether oxygens (including phenoxy) is 2. The largest absolute Gasteiger partial charge is 0.355 e. The highest BCUT2D eigenvalue weighted by atomic mass is 79.9. The fraction of sp³-hybridized carbons (Fsp3) is 1.00. The van der Waals surface area contributed by atoms with Crippen LogP contribution in [0.15, 0.2) is 0 Å². The monoisotopic (exact) mass is 420 g/mol. The highest BCUT2D eigenvalue weighted by molar-refractivity contribution is 9.09. The molecule has 0 rings (SSSR count). The third kappa shape index (κ3) is 20.6. The van der Waals surface area contributed by atoms with E-state index in [0.29, 0.717) is 11.6 Å². The van der Waals surface area contributed by atoms with Crippen LogP contribution in [0.5, 0.6) is 0 Å². The first kappa shape index (κ1) is 25.4. The van der Waals surface area contributed by atoms with Gasteiger partial charge in [-0.25, -0.2) is 0 Å². The highest BCUT2D eigenvalue weighted by Gasteiger charge is 2.10. The van der Waals surface area contributed by atoms with Crippen molar-refractivity contribution in [2.24, 2.45) is 11.8 Å². The molecule has 0 aromatic heterocycles. The van der Waals surface area contributed by atoms with Gasteiger partial charge in [0.2, 0.25) is 0 Å². The Kier molecular flexibility index (Phi) is 19.5. The van der Waals surface area contributed by atoms with E-state index in [1.807, 2.05) is 0 Å². The number of unbranched alkanes of at least 4 members (excludes halogenated alkanes) is 7. The summed E-state index contributed by atoms with van der Waals surface area (Å²) in [5, 5.41) is 0. The summed E-state index contributed by atoms with van der Waals surface area (Å²) >= 11 is 3.65. The van der Waals surface area contributed by atoms with E-state index in [-0.39, 0.29) is 0 Å². The van der Waals surface area contributed by atoms with E-state index in [2.05, 4.69) is 43.6 Å². The van der Waals surface area contributed by atoms with Crippen LogP contribution in [0, 0.1) is 11.8 Å². The van der Waals surface area contributed by atoms with Crippen LogP contribution in [-0.2, 0) is 9.47 Å². The summed E-state index contributed by atoms with van der Waals surface area (Å²) in [6.07, 6.45) is 15.8. The lowest BCUT2D eigenvalue weighted by Crippen LogP contribution is -2.09. The minimum Gasteiger partial charge on any atom is -0.355 e. The van der Waals surface area contributed by atoms with Gasteiger partial charge in [-0.2, -0.15) is 0 Å². The minimum atomic E-state index is 0.475. The summed E-state index contributed by atoms with van der Waals surface area (Å²) in [6.45, 7) is 11.4. The van der Waals surface area contributed by atoms with E-state index in [0.717, 1.165) is 31.5 Å². The van der Waals surface area contributed by atoms with Crippen LogP contribution in [0.2, 0.25) is 0 Å². The molecule has 0 saturated carbocycles. The van der Waals surface area contributed by atoms with Crippen molar-refractivity contribution in [3.05, 3.63) is 0 Å². The SMILES string of the molecule is CCCCCCCCCCOCOCCCC(C)CC(C)CC(C)Br. The highest BCUT2D eigenvalue weighted by Crippen LogP contribution is 2.22. The molecule has 0 radical (unpaired) electrons. The number of hydrogen-bond acceptors (Lipinski definition) is 2. The molecule has 0 aliphatic heterocycles. The summed E-state index contributed by atoms with van der Waals surface area (Å²) in [5.41, 5.74) is 0. The van der Waals surface area contributed by atoms with Crippen LogP contribution < -0.4 is 0 Å². The van der Waals surface area contributed by atoms with Gasteiger partial charge in [0.1, 0.15) is 6.79 Å². The van der Waals surface area contributed by atoms with Crippen molar-refractivity contribution < 1.29 is 9.47 Å². The van der Waals surface area contributed by atoms with Gasteiger partial charge in [0, 0.05) is 18.0 Å². The molecule has 0 aromatic carbocycles. The van der Waals surface area contributed by atoms with Gasteiger partial charge < -0.3 is 9.47 Å². The smallest absolute Gasteiger partial charge is 0.146 e. The van der Waals surface area contributed by atoms with Crippen LogP contribution >= 0.6 is 15.9 Å². The van der Waals surface area contributed by atoms with Gasteiger partial charge in [-0.1, -0.05) is 88.6 Å². The van der Waals surface area contributed by atoms with Crippen LogP contribution in [0.1, 0.15) is 105 Å². The average Bonchev–Trinajstić information content (AvgIpc) is 2.54. The summed E-state index contributed by atoms with van der Waals surface area (Å²) in [6, 6.07) is 0. The normalized spacial score (nSPS) is 15.2. The maximum atomic E-state index is 5.60. The van der Waals surface area contributed by atoms with E-state index in [1.165, 1.54) is 70.6 Å². The summed E-state index contributed by atoms with van der Waals surface area (Å²) < 4.78 is 11.2. The fourth-order valence-corrected chi connectivity index (χ4v) is 4.14. The molecule has 0 aliphatic carbocycles. The Morgan fingerprint density at radius 2 is 1.24 bits per heavy atom. The summed E-state index contributed by atoms with van der Waals surface area (Å²) in [5.74, 6) is 1.60. The molecule has 0 N–H and O–H groups in total. The second kappa shape index (κ2) is 19.2. The van der Waals surface area contributed by atoms with Gasteiger partial charge in [0.05, 0.1) is 0 Å². The maximum absolute atomic E-state index is 5.60. The molecule has 2 nitrogen and oxygen atoms in total. The van der Waals surface area contributed by atoms with Crippen molar-refractivity contribution in [3.63, 3.8) is 0 Å². The van der Waals surface area contributed by atoms with E-state index in [4.69, 9.17) is 9.47 Å². The van der Waals surface area contributed by atoms with Crippen molar-refractivity contribution >= 4 is 15.9 Å². The number of alkyl halides is 1. The molecule has 3 atom stereocenters. The third-order valence-electron chi connectivity index (χ3n) is 4.83. The van der Waals surface area contributed by atoms with Crippen LogP contribution in [0.3, 0.4) is 0 Å². The first-order valence-electron chi connectivity index (χ1n) is 10.9. The number of hydrogen-bond donors (Lipinski definition) is 0. The molecule has 3 heteroatoms. The first-order chi connectivity index (χ1) is 12.1. The maximum Gasteiger partial charge on any atom is 0.146 e. The first-order valence-corrected chi connectivity index (χ1v) is 11.8. The Morgan fingerprint density at radius 1 is 0.680 bits per heavy atom. The lowest BCUT2D eigenvalue weighted by atomic mass is 9.91. The van der Waals surface area contributed by atoms with Crippen LogP contribution in [-0.4, -0.2) is 24.8 Å². The lowest BCUT2D eigenvalue weighted by molar-refractivity contribution is -0.0561. The van der Waals surface area contributed by atoms with E-state index in [1.54, 1.807) is 0 Å². The minimum absolute atomic E-state index is 0.475. The molecule has 3 unspecified atom stereocenters. The van der Waals surface area contributed by atoms with E-state index in [9.17, 15) is 0 Å². The Labute approximate surface area is 166 Å². The summed E-state index contributed by atoms with van der Waals surface area (Å²) in [4.78, 5) is 0.635. The van der Waals surface area contributed by atoms with Crippen molar-refractivity contribution in [2.75, 3.05) is 20.0 Å². The summed E-state index contributed by atoms with van der Waals surface area (Å²) in [7, 11) is 0. The van der Waals surface area contributed by atoms with Gasteiger partial charge in [0.15, 0.2) is 0 Å².